The Kier molecular flexibility index (Phi) is 4.23. The second-order valence-corrected chi connectivity index (χ2v) is 6.11. The molecule has 1 aromatic rings. The Bertz CT molecular complexity index is 420. The van der Waals surface area contributed by atoms with Crippen molar-refractivity contribution >= 4 is 22.9 Å². The van der Waals surface area contributed by atoms with Crippen LogP contribution < -0.4 is 11.1 Å². The summed E-state index contributed by atoms with van der Waals surface area (Å²) < 4.78 is 0. The summed E-state index contributed by atoms with van der Waals surface area (Å²) in [6.45, 7) is 4.67. The lowest BCUT2D eigenvalue weighted by Gasteiger charge is -2.33. The van der Waals surface area contributed by atoms with Gasteiger partial charge in [-0.3, -0.25) is 0 Å². The minimum atomic E-state index is 0.468. The van der Waals surface area contributed by atoms with Gasteiger partial charge in [0.15, 0.2) is 0 Å². The molecule has 2 unspecified atom stereocenters. The summed E-state index contributed by atoms with van der Waals surface area (Å²) in [5.74, 6) is 1.59. The third kappa shape index (κ3) is 3.22. The maximum atomic E-state index is 5.77. The summed E-state index contributed by atoms with van der Waals surface area (Å²) in [6, 6.07) is 8.60. The van der Waals surface area contributed by atoms with Gasteiger partial charge in [-0.25, -0.2) is 0 Å². The number of thiocarbonyl (C=S) groups is 1. The van der Waals surface area contributed by atoms with Crippen molar-refractivity contribution in [3.05, 3.63) is 29.8 Å². The van der Waals surface area contributed by atoms with Crippen molar-refractivity contribution in [1.82, 2.24) is 0 Å². The summed E-state index contributed by atoms with van der Waals surface area (Å²) in [6.07, 6.45) is 3.81. The van der Waals surface area contributed by atoms with Gasteiger partial charge in [0.25, 0.3) is 0 Å². The molecule has 0 radical (unpaired) electrons. The SMILES string of the molecule is CC1CC(C)CC(Nc2ccccc2C(N)=S)C1. The number of hydrogen-bond donors (Lipinski definition) is 2. The molecule has 0 heterocycles. The van der Waals surface area contributed by atoms with Crippen LogP contribution in [0.2, 0.25) is 0 Å². The molecule has 18 heavy (non-hydrogen) atoms. The first-order chi connectivity index (χ1) is 8.56. The molecule has 2 rings (SSSR count). The minimum Gasteiger partial charge on any atom is -0.389 e. The van der Waals surface area contributed by atoms with E-state index in [-0.39, 0.29) is 0 Å². The van der Waals surface area contributed by atoms with Crippen molar-refractivity contribution in [2.75, 3.05) is 5.32 Å². The van der Waals surface area contributed by atoms with Crippen LogP contribution in [0.5, 0.6) is 0 Å². The van der Waals surface area contributed by atoms with Crippen molar-refractivity contribution in [2.45, 2.75) is 39.2 Å². The Morgan fingerprint density at radius 2 is 1.78 bits per heavy atom. The molecule has 1 fully saturated rings. The van der Waals surface area contributed by atoms with Gasteiger partial charge in [0, 0.05) is 17.3 Å². The van der Waals surface area contributed by atoms with Gasteiger partial charge in [0.05, 0.1) is 0 Å². The average molecular weight is 262 g/mol. The van der Waals surface area contributed by atoms with Gasteiger partial charge in [-0.15, -0.1) is 0 Å². The molecule has 0 spiro atoms. The van der Waals surface area contributed by atoms with Crippen molar-refractivity contribution in [1.29, 1.82) is 0 Å². The lowest BCUT2D eigenvalue weighted by Crippen LogP contribution is -2.31. The van der Waals surface area contributed by atoms with Crippen LogP contribution >= 0.6 is 12.2 Å². The Labute approximate surface area is 115 Å². The van der Waals surface area contributed by atoms with E-state index in [1.54, 1.807) is 0 Å². The molecular formula is C15H22N2S. The summed E-state index contributed by atoms with van der Waals surface area (Å²) in [5.41, 5.74) is 7.80. The van der Waals surface area contributed by atoms with E-state index in [1.807, 2.05) is 18.2 Å². The lowest BCUT2D eigenvalue weighted by atomic mass is 9.80. The number of hydrogen-bond acceptors (Lipinski definition) is 2. The molecule has 2 atom stereocenters. The molecular weight excluding hydrogens is 240 g/mol. The number of rotatable bonds is 3. The van der Waals surface area contributed by atoms with Crippen molar-refractivity contribution in [3.8, 4) is 0 Å². The fraction of sp³-hybridized carbons (Fsp3) is 0.533. The summed E-state index contributed by atoms with van der Waals surface area (Å²) >= 11 is 5.10. The van der Waals surface area contributed by atoms with Gasteiger partial charge in [0.2, 0.25) is 0 Å². The van der Waals surface area contributed by atoms with Crippen LogP contribution in [-0.2, 0) is 0 Å². The predicted molar refractivity (Wildman–Crippen MR) is 81.9 cm³/mol. The lowest BCUT2D eigenvalue weighted by molar-refractivity contribution is 0.281. The number of nitrogens with two attached hydrogens (primary N) is 1. The van der Waals surface area contributed by atoms with Gasteiger partial charge in [0.1, 0.15) is 4.99 Å². The maximum Gasteiger partial charge on any atom is 0.106 e. The summed E-state index contributed by atoms with van der Waals surface area (Å²) in [7, 11) is 0. The number of benzene rings is 1. The van der Waals surface area contributed by atoms with Crippen LogP contribution in [0.1, 0.15) is 38.7 Å². The molecule has 0 aliphatic heterocycles. The fourth-order valence-corrected chi connectivity index (χ4v) is 3.29. The molecule has 1 aliphatic rings. The Balaban J connectivity index is 2.11. The maximum absolute atomic E-state index is 5.77. The molecule has 1 aromatic carbocycles. The highest BCUT2D eigenvalue weighted by atomic mass is 32.1. The second-order valence-electron chi connectivity index (χ2n) is 5.67. The van der Waals surface area contributed by atoms with Crippen LogP contribution in [0.15, 0.2) is 24.3 Å². The monoisotopic (exact) mass is 262 g/mol. The van der Waals surface area contributed by atoms with Gasteiger partial charge in [-0.2, -0.15) is 0 Å². The zero-order valence-corrected chi connectivity index (χ0v) is 12.0. The van der Waals surface area contributed by atoms with E-state index >= 15 is 0 Å². The second kappa shape index (κ2) is 5.70. The van der Waals surface area contributed by atoms with Gasteiger partial charge < -0.3 is 11.1 Å². The fourth-order valence-electron chi connectivity index (χ4n) is 3.11. The van der Waals surface area contributed by atoms with Crippen LogP contribution in [0, 0.1) is 11.8 Å². The smallest absolute Gasteiger partial charge is 0.106 e. The van der Waals surface area contributed by atoms with Gasteiger partial charge in [-0.05, 0) is 43.2 Å². The van der Waals surface area contributed by atoms with Gasteiger partial charge in [-0.1, -0.05) is 38.2 Å². The molecule has 98 valence electrons. The third-order valence-electron chi connectivity index (χ3n) is 3.73. The van der Waals surface area contributed by atoms with E-state index in [0.29, 0.717) is 11.0 Å². The highest BCUT2D eigenvalue weighted by Gasteiger charge is 2.24. The Morgan fingerprint density at radius 3 is 2.39 bits per heavy atom. The van der Waals surface area contributed by atoms with E-state index in [1.165, 1.54) is 19.3 Å². The van der Waals surface area contributed by atoms with E-state index in [9.17, 15) is 0 Å². The van der Waals surface area contributed by atoms with E-state index in [4.69, 9.17) is 18.0 Å². The topological polar surface area (TPSA) is 38.0 Å². The van der Waals surface area contributed by atoms with Crippen molar-refractivity contribution < 1.29 is 0 Å². The van der Waals surface area contributed by atoms with E-state index in [2.05, 4.69) is 25.2 Å². The zero-order valence-electron chi connectivity index (χ0n) is 11.1. The Morgan fingerprint density at radius 1 is 1.17 bits per heavy atom. The summed E-state index contributed by atoms with van der Waals surface area (Å²) in [4.78, 5) is 0.468. The zero-order chi connectivity index (χ0) is 13.1. The first-order valence-corrected chi connectivity index (χ1v) is 7.12. The Hall–Kier alpha value is -1.09. The molecule has 0 aromatic heterocycles. The number of para-hydroxylation sites is 1. The number of nitrogens with one attached hydrogen (secondary N) is 1. The molecule has 3 heteroatoms. The normalized spacial score (nSPS) is 27.8. The van der Waals surface area contributed by atoms with Crippen LogP contribution in [0.4, 0.5) is 5.69 Å². The first-order valence-electron chi connectivity index (χ1n) is 6.71. The minimum absolute atomic E-state index is 0.468. The van der Waals surface area contributed by atoms with E-state index in [0.717, 1.165) is 23.1 Å². The molecule has 0 saturated heterocycles. The molecule has 0 bridgehead atoms. The number of anilines is 1. The molecule has 2 nitrogen and oxygen atoms in total. The van der Waals surface area contributed by atoms with Crippen LogP contribution in [-0.4, -0.2) is 11.0 Å². The molecule has 1 aliphatic carbocycles. The van der Waals surface area contributed by atoms with Crippen LogP contribution in [0.3, 0.4) is 0 Å². The van der Waals surface area contributed by atoms with Crippen LogP contribution in [0.25, 0.3) is 0 Å². The highest BCUT2D eigenvalue weighted by molar-refractivity contribution is 7.80. The third-order valence-corrected chi connectivity index (χ3v) is 3.95. The molecule has 3 N–H and O–H groups in total. The predicted octanol–water partition coefficient (Wildman–Crippen LogP) is 3.56. The molecule has 0 amide bonds. The van der Waals surface area contributed by atoms with Crippen molar-refractivity contribution in [3.63, 3.8) is 0 Å². The van der Waals surface area contributed by atoms with E-state index < -0.39 is 0 Å². The summed E-state index contributed by atoms with van der Waals surface area (Å²) in [5, 5.41) is 3.62. The highest BCUT2D eigenvalue weighted by Crippen LogP contribution is 2.31. The molecule has 1 saturated carbocycles. The van der Waals surface area contributed by atoms with Crippen molar-refractivity contribution in [2.24, 2.45) is 17.6 Å². The standard InChI is InChI=1S/C15H22N2S/c1-10-7-11(2)9-12(8-10)17-14-6-4-3-5-13(14)15(16)18/h3-6,10-12,17H,7-9H2,1-2H3,(H2,16,18). The quantitative estimate of drug-likeness (QED) is 0.818. The average Bonchev–Trinajstić information content (AvgIpc) is 2.27. The first kappa shape index (κ1) is 13.3. The van der Waals surface area contributed by atoms with Gasteiger partial charge >= 0.3 is 0 Å². The largest absolute Gasteiger partial charge is 0.389 e.